The smallest absolute Gasteiger partial charge is 0.248 e. The van der Waals surface area contributed by atoms with E-state index >= 15 is 0 Å². The van der Waals surface area contributed by atoms with Crippen molar-refractivity contribution >= 4 is 5.91 Å². The van der Waals surface area contributed by atoms with E-state index in [1.165, 1.54) is 19.4 Å². The topological polar surface area (TPSA) is 32.8 Å². The summed E-state index contributed by atoms with van der Waals surface area (Å²) in [4.78, 5) is 16.5. The van der Waals surface area contributed by atoms with Gasteiger partial charge in [-0.3, -0.25) is 9.69 Å². The molecule has 2 heterocycles. The van der Waals surface area contributed by atoms with Gasteiger partial charge in [-0.15, -0.1) is 0 Å². The van der Waals surface area contributed by atoms with Gasteiger partial charge in [-0.05, 0) is 32.2 Å². The Morgan fingerprint density at radius 1 is 1.29 bits per heavy atom. The van der Waals surface area contributed by atoms with Crippen molar-refractivity contribution in [1.82, 2.24) is 9.80 Å². The summed E-state index contributed by atoms with van der Waals surface area (Å²) < 4.78 is 5.35. The highest BCUT2D eigenvalue weighted by Gasteiger charge is 2.30. The average Bonchev–Trinajstić information content (AvgIpc) is 2.66. The van der Waals surface area contributed by atoms with Gasteiger partial charge in [0.1, 0.15) is 6.61 Å². The highest BCUT2D eigenvalue weighted by molar-refractivity contribution is 5.77. The molecule has 0 aromatic rings. The van der Waals surface area contributed by atoms with E-state index in [1.54, 1.807) is 0 Å². The molecule has 0 aromatic heterocycles. The number of hydrogen-bond acceptors (Lipinski definition) is 3. The molecule has 0 spiro atoms. The normalized spacial score (nSPS) is 25.7. The van der Waals surface area contributed by atoms with E-state index in [2.05, 4.69) is 11.8 Å². The Bertz CT molecular complexity index is 258. The van der Waals surface area contributed by atoms with Crippen LogP contribution in [0.2, 0.25) is 0 Å². The summed E-state index contributed by atoms with van der Waals surface area (Å²) in [6.45, 7) is 7.21. The predicted octanol–water partition coefficient (Wildman–Crippen LogP) is 1.11. The van der Waals surface area contributed by atoms with Gasteiger partial charge >= 0.3 is 0 Å². The van der Waals surface area contributed by atoms with Gasteiger partial charge in [0, 0.05) is 32.3 Å². The van der Waals surface area contributed by atoms with Crippen LogP contribution in [0.4, 0.5) is 0 Å². The molecule has 0 radical (unpaired) electrons. The van der Waals surface area contributed by atoms with Crippen LogP contribution in [0, 0.1) is 0 Å². The molecule has 2 saturated heterocycles. The molecule has 1 unspecified atom stereocenters. The van der Waals surface area contributed by atoms with Crippen LogP contribution in [0.5, 0.6) is 0 Å². The zero-order valence-corrected chi connectivity index (χ0v) is 10.9. The molecule has 2 aliphatic rings. The predicted molar refractivity (Wildman–Crippen MR) is 66.9 cm³/mol. The molecule has 0 bridgehead atoms. The van der Waals surface area contributed by atoms with Crippen LogP contribution in [-0.4, -0.2) is 61.1 Å². The highest BCUT2D eigenvalue weighted by Crippen LogP contribution is 2.21. The Morgan fingerprint density at radius 2 is 2.12 bits per heavy atom. The first-order valence-corrected chi connectivity index (χ1v) is 6.91. The molecule has 17 heavy (non-hydrogen) atoms. The largest absolute Gasteiger partial charge is 0.372 e. The monoisotopic (exact) mass is 240 g/mol. The summed E-state index contributed by atoms with van der Waals surface area (Å²) >= 11 is 0. The van der Waals surface area contributed by atoms with Crippen molar-refractivity contribution in [3.8, 4) is 0 Å². The van der Waals surface area contributed by atoms with E-state index in [0.29, 0.717) is 12.6 Å². The van der Waals surface area contributed by atoms with Crippen molar-refractivity contribution in [2.24, 2.45) is 0 Å². The number of amides is 1. The van der Waals surface area contributed by atoms with E-state index in [-0.39, 0.29) is 12.5 Å². The lowest BCUT2D eigenvalue weighted by Crippen LogP contribution is -2.41. The molecule has 4 nitrogen and oxygen atoms in total. The highest BCUT2D eigenvalue weighted by atomic mass is 16.5. The maximum absolute atomic E-state index is 12.0. The second kappa shape index (κ2) is 6.36. The molecule has 1 amide bonds. The minimum atomic E-state index is 0.173. The van der Waals surface area contributed by atoms with Crippen LogP contribution in [0.15, 0.2) is 0 Å². The summed E-state index contributed by atoms with van der Waals surface area (Å²) in [5, 5.41) is 0. The Kier molecular flexibility index (Phi) is 4.80. The summed E-state index contributed by atoms with van der Waals surface area (Å²) in [5.74, 6) is 0.173. The third-order valence-electron chi connectivity index (χ3n) is 3.73. The fraction of sp³-hybridized carbons (Fsp3) is 0.923. The number of carbonyl (C=O) groups excluding carboxylic acids is 1. The van der Waals surface area contributed by atoms with E-state index < -0.39 is 0 Å². The first-order chi connectivity index (χ1) is 8.31. The van der Waals surface area contributed by atoms with E-state index in [1.807, 2.05) is 4.90 Å². The van der Waals surface area contributed by atoms with Gasteiger partial charge < -0.3 is 9.64 Å². The molecule has 4 heteroatoms. The Hall–Kier alpha value is -0.610. The van der Waals surface area contributed by atoms with Crippen molar-refractivity contribution in [1.29, 1.82) is 0 Å². The molecule has 98 valence electrons. The molecule has 2 rings (SSSR count). The standard InChI is InChI=1S/C13H24N2O2/c1-2-9-17-11-13(16)15-8-4-7-14-6-3-5-12(14)10-15/h12H,2-11H2,1H3. The Labute approximate surface area is 104 Å². The number of nitrogens with zero attached hydrogens (tertiary/aromatic N) is 2. The van der Waals surface area contributed by atoms with Crippen molar-refractivity contribution in [3.05, 3.63) is 0 Å². The van der Waals surface area contributed by atoms with Crippen molar-refractivity contribution in [2.45, 2.75) is 38.6 Å². The minimum Gasteiger partial charge on any atom is -0.372 e. The molecule has 0 N–H and O–H groups in total. The van der Waals surface area contributed by atoms with Crippen LogP contribution in [0.1, 0.15) is 32.6 Å². The van der Waals surface area contributed by atoms with Gasteiger partial charge in [0.05, 0.1) is 0 Å². The van der Waals surface area contributed by atoms with Crippen molar-refractivity contribution in [2.75, 3.05) is 39.4 Å². The van der Waals surface area contributed by atoms with Crippen LogP contribution < -0.4 is 0 Å². The van der Waals surface area contributed by atoms with Gasteiger partial charge in [0.25, 0.3) is 0 Å². The SMILES string of the molecule is CCCOCC(=O)N1CCCN2CCCC2C1. The molecule has 1 atom stereocenters. The van der Waals surface area contributed by atoms with E-state index in [9.17, 15) is 4.79 Å². The van der Waals surface area contributed by atoms with Crippen LogP contribution in [0.3, 0.4) is 0 Å². The van der Waals surface area contributed by atoms with Gasteiger partial charge in [0.15, 0.2) is 0 Å². The van der Waals surface area contributed by atoms with E-state index in [0.717, 1.165) is 32.5 Å². The number of carbonyl (C=O) groups is 1. The van der Waals surface area contributed by atoms with Gasteiger partial charge in [-0.25, -0.2) is 0 Å². The van der Waals surface area contributed by atoms with Gasteiger partial charge in [-0.1, -0.05) is 6.92 Å². The molecule has 2 fully saturated rings. The first-order valence-electron chi connectivity index (χ1n) is 6.91. The molecule has 0 saturated carbocycles. The lowest BCUT2D eigenvalue weighted by molar-refractivity contribution is -0.136. The van der Waals surface area contributed by atoms with Crippen LogP contribution in [-0.2, 0) is 9.53 Å². The maximum Gasteiger partial charge on any atom is 0.248 e. The zero-order valence-electron chi connectivity index (χ0n) is 10.9. The molecular formula is C13H24N2O2. The number of rotatable bonds is 4. The first kappa shape index (κ1) is 12.8. The van der Waals surface area contributed by atoms with E-state index in [4.69, 9.17) is 4.74 Å². The number of ether oxygens (including phenoxy) is 1. The summed E-state index contributed by atoms with van der Waals surface area (Å²) in [6, 6.07) is 0.604. The average molecular weight is 240 g/mol. The van der Waals surface area contributed by atoms with Gasteiger partial charge in [-0.2, -0.15) is 0 Å². The maximum atomic E-state index is 12.0. The molecule has 0 aromatic carbocycles. The van der Waals surface area contributed by atoms with Crippen LogP contribution in [0.25, 0.3) is 0 Å². The second-order valence-electron chi connectivity index (χ2n) is 5.08. The Morgan fingerprint density at radius 3 is 2.94 bits per heavy atom. The third kappa shape index (κ3) is 3.42. The summed E-state index contributed by atoms with van der Waals surface area (Å²) in [7, 11) is 0. The van der Waals surface area contributed by atoms with Crippen molar-refractivity contribution in [3.63, 3.8) is 0 Å². The quantitative estimate of drug-likeness (QED) is 0.690. The lowest BCUT2D eigenvalue weighted by Gasteiger charge is -2.25. The Balaban J connectivity index is 1.81. The van der Waals surface area contributed by atoms with Crippen molar-refractivity contribution < 1.29 is 9.53 Å². The number of fused-ring (bicyclic) bond motifs is 1. The fourth-order valence-electron chi connectivity index (χ4n) is 2.83. The fourth-order valence-corrected chi connectivity index (χ4v) is 2.83. The zero-order chi connectivity index (χ0) is 12.1. The molecular weight excluding hydrogens is 216 g/mol. The molecule has 2 aliphatic heterocycles. The summed E-state index contributed by atoms with van der Waals surface area (Å²) in [6.07, 6.45) is 4.62. The third-order valence-corrected chi connectivity index (χ3v) is 3.73. The molecule has 0 aliphatic carbocycles. The van der Waals surface area contributed by atoms with Crippen LogP contribution >= 0.6 is 0 Å². The summed E-state index contributed by atoms with van der Waals surface area (Å²) in [5.41, 5.74) is 0. The second-order valence-corrected chi connectivity index (χ2v) is 5.08. The minimum absolute atomic E-state index is 0.173. The number of hydrogen-bond donors (Lipinski definition) is 0. The van der Waals surface area contributed by atoms with Gasteiger partial charge in [0.2, 0.25) is 5.91 Å². The lowest BCUT2D eigenvalue weighted by atomic mass is 10.2.